The van der Waals surface area contributed by atoms with E-state index in [0.29, 0.717) is 18.4 Å². The lowest BCUT2D eigenvalue weighted by Crippen LogP contribution is -2.45. The van der Waals surface area contributed by atoms with Crippen molar-refractivity contribution in [1.82, 2.24) is 4.90 Å². The van der Waals surface area contributed by atoms with Gasteiger partial charge in [-0.05, 0) is 38.3 Å². The molecule has 3 unspecified atom stereocenters. The van der Waals surface area contributed by atoms with Crippen molar-refractivity contribution in [3.05, 3.63) is 0 Å². The van der Waals surface area contributed by atoms with Gasteiger partial charge in [-0.2, -0.15) is 13.2 Å². The van der Waals surface area contributed by atoms with Crippen molar-refractivity contribution in [2.75, 3.05) is 20.1 Å². The largest absolute Gasteiger partial charge is 0.404 e. The normalized spacial score (nSPS) is 28.2. The van der Waals surface area contributed by atoms with Gasteiger partial charge in [0.25, 0.3) is 0 Å². The van der Waals surface area contributed by atoms with Crippen LogP contribution in [-0.4, -0.2) is 37.3 Å². The van der Waals surface area contributed by atoms with Gasteiger partial charge in [-0.1, -0.05) is 6.92 Å². The summed E-state index contributed by atoms with van der Waals surface area (Å²) in [4.78, 5) is 1.40. The van der Waals surface area contributed by atoms with Crippen LogP contribution in [0.25, 0.3) is 0 Å². The summed E-state index contributed by atoms with van der Waals surface area (Å²) in [5.74, 6) is 1.02. The summed E-state index contributed by atoms with van der Waals surface area (Å²) in [6.45, 7) is 2.68. The zero-order valence-electron chi connectivity index (χ0n) is 9.22. The minimum Gasteiger partial charge on any atom is -0.330 e. The Labute approximate surface area is 88.6 Å². The van der Waals surface area contributed by atoms with Crippen molar-refractivity contribution in [1.29, 1.82) is 0 Å². The summed E-state index contributed by atoms with van der Waals surface area (Å²) in [5.41, 5.74) is 5.21. The molecule has 15 heavy (non-hydrogen) atoms. The van der Waals surface area contributed by atoms with Crippen molar-refractivity contribution < 1.29 is 13.2 Å². The van der Waals surface area contributed by atoms with E-state index < -0.39 is 12.2 Å². The second-order valence-corrected chi connectivity index (χ2v) is 4.55. The van der Waals surface area contributed by atoms with Gasteiger partial charge in [-0.15, -0.1) is 0 Å². The van der Waals surface area contributed by atoms with Crippen LogP contribution < -0.4 is 5.73 Å². The molecule has 2 nitrogen and oxygen atoms in total. The number of hydrogen-bond donors (Lipinski definition) is 1. The molecule has 3 atom stereocenters. The van der Waals surface area contributed by atoms with Crippen LogP contribution in [0.1, 0.15) is 19.8 Å². The molecule has 0 bridgehead atoms. The van der Waals surface area contributed by atoms with Gasteiger partial charge in [0.05, 0.1) is 0 Å². The quantitative estimate of drug-likeness (QED) is 0.772. The molecular weight excluding hydrogens is 205 g/mol. The molecule has 0 amide bonds. The summed E-state index contributed by atoms with van der Waals surface area (Å²) in [6.07, 6.45) is -3.12. The van der Waals surface area contributed by atoms with E-state index in [0.717, 1.165) is 6.42 Å². The standard InChI is InChI=1S/C10H19F3N2/c1-7-5-8(7)6-15(2)9(3-4-14)10(11,12)13/h7-9H,3-6,14H2,1-2H3. The zero-order valence-corrected chi connectivity index (χ0v) is 9.22. The molecule has 1 saturated carbocycles. The molecule has 1 aliphatic rings. The third kappa shape index (κ3) is 3.65. The second-order valence-electron chi connectivity index (χ2n) is 4.55. The topological polar surface area (TPSA) is 29.3 Å². The molecule has 0 spiro atoms. The van der Waals surface area contributed by atoms with Crippen LogP contribution in [0, 0.1) is 11.8 Å². The van der Waals surface area contributed by atoms with Crippen LogP contribution in [0.5, 0.6) is 0 Å². The summed E-state index contributed by atoms with van der Waals surface area (Å²) < 4.78 is 37.9. The first-order chi connectivity index (χ1) is 6.86. The molecule has 0 aromatic carbocycles. The fourth-order valence-corrected chi connectivity index (χ4v) is 1.94. The van der Waals surface area contributed by atoms with E-state index in [1.54, 1.807) is 7.05 Å². The predicted octanol–water partition coefficient (Wildman–Crippen LogP) is 1.85. The first-order valence-electron chi connectivity index (χ1n) is 5.33. The van der Waals surface area contributed by atoms with Crippen molar-refractivity contribution in [2.24, 2.45) is 17.6 Å². The Balaban J connectivity index is 2.47. The molecule has 0 aliphatic heterocycles. The summed E-state index contributed by atoms with van der Waals surface area (Å²) in [5, 5.41) is 0. The van der Waals surface area contributed by atoms with Crippen molar-refractivity contribution >= 4 is 0 Å². The molecule has 0 aromatic rings. The van der Waals surface area contributed by atoms with E-state index in [1.807, 2.05) is 0 Å². The highest BCUT2D eigenvalue weighted by Gasteiger charge is 2.44. The molecule has 0 aromatic heterocycles. The molecule has 1 rings (SSSR count). The lowest BCUT2D eigenvalue weighted by molar-refractivity contribution is -0.182. The molecule has 1 aliphatic carbocycles. The van der Waals surface area contributed by atoms with Crippen LogP contribution in [0.3, 0.4) is 0 Å². The Morgan fingerprint density at radius 2 is 2.00 bits per heavy atom. The molecule has 0 saturated heterocycles. The smallest absolute Gasteiger partial charge is 0.330 e. The molecule has 90 valence electrons. The Hall–Kier alpha value is -0.290. The van der Waals surface area contributed by atoms with Gasteiger partial charge in [-0.3, -0.25) is 4.90 Å². The first-order valence-corrected chi connectivity index (χ1v) is 5.33. The van der Waals surface area contributed by atoms with E-state index in [4.69, 9.17) is 5.73 Å². The van der Waals surface area contributed by atoms with Gasteiger partial charge in [0.2, 0.25) is 0 Å². The van der Waals surface area contributed by atoms with E-state index >= 15 is 0 Å². The number of halogens is 3. The number of alkyl halides is 3. The number of nitrogens with zero attached hydrogens (tertiary/aromatic N) is 1. The molecule has 0 radical (unpaired) electrons. The number of nitrogens with two attached hydrogens (primary N) is 1. The van der Waals surface area contributed by atoms with Gasteiger partial charge < -0.3 is 5.73 Å². The van der Waals surface area contributed by atoms with Gasteiger partial charge in [0.1, 0.15) is 6.04 Å². The van der Waals surface area contributed by atoms with Crippen molar-refractivity contribution in [2.45, 2.75) is 32.0 Å². The van der Waals surface area contributed by atoms with Crippen LogP contribution in [-0.2, 0) is 0 Å². The third-order valence-corrected chi connectivity index (χ3v) is 3.15. The van der Waals surface area contributed by atoms with E-state index in [9.17, 15) is 13.2 Å². The molecule has 1 fully saturated rings. The maximum Gasteiger partial charge on any atom is 0.404 e. The van der Waals surface area contributed by atoms with E-state index in [-0.39, 0.29) is 13.0 Å². The van der Waals surface area contributed by atoms with Crippen LogP contribution in [0.2, 0.25) is 0 Å². The predicted molar refractivity (Wildman–Crippen MR) is 53.4 cm³/mol. The Kier molecular flexibility index (Phi) is 4.00. The maximum atomic E-state index is 12.6. The van der Waals surface area contributed by atoms with Gasteiger partial charge in [0, 0.05) is 6.54 Å². The van der Waals surface area contributed by atoms with Crippen LogP contribution >= 0.6 is 0 Å². The average Bonchev–Trinajstić information content (AvgIpc) is 2.75. The molecule has 0 heterocycles. The highest BCUT2D eigenvalue weighted by Crippen LogP contribution is 2.39. The number of hydrogen-bond acceptors (Lipinski definition) is 2. The summed E-state index contributed by atoms with van der Waals surface area (Å²) in [7, 11) is 1.54. The minimum atomic E-state index is -4.16. The molecule has 5 heteroatoms. The molecule has 2 N–H and O–H groups in total. The lowest BCUT2D eigenvalue weighted by Gasteiger charge is -2.29. The third-order valence-electron chi connectivity index (χ3n) is 3.15. The SMILES string of the molecule is CC1CC1CN(C)C(CCN)C(F)(F)F. The van der Waals surface area contributed by atoms with Gasteiger partial charge >= 0.3 is 6.18 Å². The Morgan fingerprint density at radius 3 is 2.33 bits per heavy atom. The fourth-order valence-electron chi connectivity index (χ4n) is 1.94. The first kappa shape index (κ1) is 12.8. The highest BCUT2D eigenvalue weighted by atomic mass is 19.4. The monoisotopic (exact) mass is 224 g/mol. The Bertz CT molecular complexity index is 205. The molecular formula is C10H19F3N2. The fraction of sp³-hybridized carbons (Fsp3) is 1.00. The van der Waals surface area contributed by atoms with E-state index in [1.165, 1.54) is 4.90 Å². The number of rotatable bonds is 5. The van der Waals surface area contributed by atoms with Crippen molar-refractivity contribution in [3.8, 4) is 0 Å². The van der Waals surface area contributed by atoms with Gasteiger partial charge in [0.15, 0.2) is 0 Å². The van der Waals surface area contributed by atoms with E-state index in [2.05, 4.69) is 6.92 Å². The van der Waals surface area contributed by atoms with Crippen molar-refractivity contribution in [3.63, 3.8) is 0 Å². The average molecular weight is 224 g/mol. The lowest BCUT2D eigenvalue weighted by atomic mass is 10.1. The zero-order chi connectivity index (χ0) is 11.6. The Morgan fingerprint density at radius 1 is 1.47 bits per heavy atom. The second kappa shape index (κ2) is 4.70. The summed E-state index contributed by atoms with van der Waals surface area (Å²) >= 11 is 0. The summed E-state index contributed by atoms with van der Waals surface area (Å²) in [6, 6.07) is -1.38. The minimum absolute atomic E-state index is 0.0128. The highest BCUT2D eigenvalue weighted by molar-refractivity contribution is 4.87. The van der Waals surface area contributed by atoms with Crippen LogP contribution in [0.4, 0.5) is 13.2 Å². The maximum absolute atomic E-state index is 12.6. The van der Waals surface area contributed by atoms with Crippen LogP contribution in [0.15, 0.2) is 0 Å². The van der Waals surface area contributed by atoms with Gasteiger partial charge in [-0.25, -0.2) is 0 Å².